The number of allylic oxidation sites excluding steroid dienone is 3. The first-order valence-electron chi connectivity index (χ1n) is 4.69. The van der Waals surface area contributed by atoms with Gasteiger partial charge in [-0.15, -0.1) is 19.7 Å². The Hall–Kier alpha value is -0.780. The van der Waals surface area contributed by atoms with Crippen LogP contribution in [0.3, 0.4) is 0 Å². The van der Waals surface area contributed by atoms with Gasteiger partial charge in [-0.3, -0.25) is 0 Å². The summed E-state index contributed by atoms with van der Waals surface area (Å²) < 4.78 is 0. The highest BCUT2D eigenvalue weighted by molar-refractivity contribution is 4.99. The van der Waals surface area contributed by atoms with Crippen molar-refractivity contribution in [1.29, 1.82) is 0 Å². The zero-order chi connectivity index (χ0) is 8.97. The summed E-state index contributed by atoms with van der Waals surface area (Å²) in [6, 6.07) is 0. The summed E-state index contributed by atoms with van der Waals surface area (Å²) in [6.07, 6.45) is 9.95. The zero-order valence-corrected chi connectivity index (χ0v) is 7.71. The minimum absolute atomic E-state index is 0.624. The summed E-state index contributed by atoms with van der Waals surface area (Å²) in [5.41, 5.74) is 0. The first-order chi connectivity index (χ1) is 5.81. The standard InChI is InChI=1S/C12H18/c1-4-10-7-8-11(5-2)12(6-3)9-10/h4-6,10-12H,1-3,7-9H2/t10-,11-,12-/m0/s1. The molecule has 0 amide bonds. The third-order valence-electron chi connectivity index (χ3n) is 2.93. The van der Waals surface area contributed by atoms with E-state index in [0.717, 1.165) is 0 Å². The summed E-state index contributed by atoms with van der Waals surface area (Å²) >= 11 is 0. The molecule has 66 valence electrons. The van der Waals surface area contributed by atoms with E-state index in [4.69, 9.17) is 0 Å². The summed E-state index contributed by atoms with van der Waals surface area (Å²) in [6.45, 7) is 11.6. The molecule has 0 radical (unpaired) electrons. The van der Waals surface area contributed by atoms with Crippen LogP contribution in [0.15, 0.2) is 38.0 Å². The Balaban J connectivity index is 2.58. The zero-order valence-electron chi connectivity index (χ0n) is 7.71. The van der Waals surface area contributed by atoms with Gasteiger partial charge in [0.2, 0.25) is 0 Å². The van der Waals surface area contributed by atoms with Crippen LogP contribution in [-0.4, -0.2) is 0 Å². The molecule has 1 aliphatic rings. The molecule has 12 heavy (non-hydrogen) atoms. The van der Waals surface area contributed by atoms with Gasteiger partial charge in [0.1, 0.15) is 0 Å². The van der Waals surface area contributed by atoms with Crippen molar-refractivity contribution >= 4 is 0 Å². The van der Waals surface area contributed by atoms with Crippen molar-refractivity contribution in [3.8, 4) is 0 Å². The van der Waals surface area contributed by atoms with Crippen LogP contribution in [0.5, 0.6) is 0 Å². The van der Waals surface area contributed by atoms with Crippen LogP contribution >= 0.6 is 0 Å². The number of hydrogen-bond donors (Lipinski definition) is 0. The second-order valence-electron chi connectivity index (χ2n) is 3.61. The lowest BCUT2D eigenvalue weighted by atomic mass is 9.74. The molecule has 0 N–H and O–H groups in total. The van der Waals surface area contributed by atoms with E-state index >= 15 is 0 Å². The molecule has 0 aromatic carbocycles. The fraction of sp³-hybridized carbons (Fsp3) is 0.500. The van der Waals surface area contributed by atoms with Gasteiger partial charge in [-0.1, -0.05) is 18.2 Å². The third kappa shape index (κ3) is 1.88. The summed E-state index contributed by atoms with van der Waals surface area (Å²) in [5.74, 6) is 1.97. The van der Waals surface area contributed by atoms with E-state index in [0.29, 0.717) is 17.8 Å². The minimum Gasteiger partial charge on any atom is -0.103 e. The lowest BCUT2D eigenvalue weighted by Crippen LogP contribution is -2.20. The first kappa shape index (κ1) is 9.31. The Kier molecular flexibility index (Phi) is 3.33. The average molecular weight is 162 g/mol. The van der Waals surface area contributed by atoms with E-state index in [1.54, 1.807) is 0 Å². The molecule has 1 aliphatic carbocycles. The fourth-order valence-electron chi connectivity index (χ4n) is 2.04. The molecule has 3 atom stereocenters. The summed E-state index contributed by atoms with van der Waals surface area (Å²) in [5, 5.41) is 0. The molecule has 0 aliphatic heterocycles. The molecule has 1 fully saturated rings. The maximum absolute atomic E-state index is 3.87. The van der Waals surface area contributed by atoms with Gasteiger partial charge in [-0.25, -0.2) is 0 Å². The SMILES string of the molecule is C=C[C@H]1CC[C@H](C=C)[C@@H](C=C)C1. The molecule has 0 unspecified atom stereocenters. The second kappa shape index (κ2) is 4.30. The van der Waals surface area contributed by atoms with Crippen LogP contribution in [0.4, 0.5) is 0 Å². The van der Waals surface area contributed by atoms with Crippen molar-refractivity contribution in [3.63, 3.8) is 0 Å². The topological polar surface area (TPSA) is 0 Å². The largest absolute Gasteiger partial charge is 0.103 e. The molecule has 0 heteroatoms. The van der Waals surface area contributed by atoms with Crippen molar-refractivity contribution in [2.75, 3.05) is 0 Å². The smallest absolute Gasteiger partial charge is 0.0168 e. The lowest BCUT2D eigenvalue weighted by molar-refractivity contribution is 0.288. The van der Waals surface area contributed by atoms with Crippen LogP contribution in [0, 0.1) is 17.8 Å². The van der Waals surface area contributed by atoms with Gasteiger partial charge < -0.3 is 0 Å². The Morgan fingerprint density at radius 1 is 0.833 bits per heavy atom. The van der Waals surface area contributed by atoms with Crippen LogP contribution in [0.1, 0.15) is 19.3 Å². The quantitative estimate of drug-likeness (QED) is 0.556. The van der Waals surface area contributed by atoms with Gasteiger partial charge in [0.05, 0.1) is 0 Å². The molecule has 0 aromatic heterocycles. The molecule has 0 bridgehead atoms. The van der Waals surface area contributed by atoms with E-state index < -0.39 is 0 Å². The highest BCUT2D eigenvalue weighted by Gasteiger charge is 2.24. The van der Waals surface area contributed by atoms with Gasteiger partial charge >= 0.3 is 0 Å². The maximum Gasteiger partial charge on any atom is -0.0168 e. The number of rotatable bonds is 3. The third-order valence-corrected chi connectivity index (χ3v) is 2.93. The lowest BCUT2D eigenvalue weighted by Gasteiger charge is -2.31. The Morgan fingerprint density at radius 2 is 1.50 bits per heavy atom. The van der Waals surface area contributed by atoms with E-state index in [1.165, 1.54) is 19.3 Å². The molecule has 0 heterocycles. The fourth-order valence-corrected chi connectivity index (χ4v) is 2.04. The van der Waals surface area contributed by atoms with Crippen LogP contribution in [-0.2, 0) is 0 Å². The predicted octanol–water partition coefficient (Wildman–Crippen LogP) is 3.58. The average Bonchev–Trinajstić information content (AvgIpc) is 2.16. The Labute approximate surface area is 75.7 Å². The molecule has 0 aromatic rings. The van der Waals surface area contributed by atoms with Crippen molar-refractivity contribution in [2.24, 2.45) is 17.8 Å². The molecule has 0 saturated heterocycles. The normalized spacial score (nSPS) is 35.5. The summed E-state index contributed by atoms with van der Waals surface area (Å²) in [4.78, 5) is 0. The van der Waals surface area contributed by atoms with Crippen LogP contribution in [0.2, 0.25) is 0 Å². The molecule has 0 spiro atoms. The second-order valence-corrected chi connectivity index (χ2v) is 3.61. The highest BCUT2D eigenvalue weighted by Crippen LogP contribution is 2.35. The van der Waals surface area contributed by atoms with E-state index in [9.17, 15) is 0 Å². The monoisotopic (exact) mass is 162 g/mol. The van der Waals surface area contributed by atoms with E-state index in [1.807, 2.05) is 0 Å². The van der Waals surface area contributed by atoms with Crippen molar-refractivity contribution in [1.82, 2.24) is 0 Å². The maximum atomic E-state index is 3.87. The van der Waals surface area contributed by atoms with Crippen molar-refractivity contribution < 1.29 is 0 Å². The molecule has 1 saturated carbocycles. The van der Waals surface area contributed by atoms with Crippen LogP contribution < -0.4 is 0 Å². The van der Waals surface area contributed by atoms with Gasteiger partial charge in [-0.05, 0) is 37.0 Å². The van der Waals surface area contributed by atoms with Gasteiger partial charge in [0, 0.05) is 0 Å². The molecular weight excluding hydrogens is 144 g/mol. The summed E-state index contributed by atoms with van der Waals surface area (Å²) in [7, 11) is 0. The predicted molar refractivity (Wildman–Crippen MR) is 54.9 cm³/mol. The number of hydrogen-bond acceptors (Lipinski definition) is 0. The van der Waals surface area contributed by atoms with Crippen molar-refractivity contribution in [2.45, 2.75) is 19.3 Å². The Morgan fingerprint density at radius 3 is 2.00 bits per heavy atom. The van der Waals surface area contributed by atoms with Crippen LogP contribution in [0.25, 0.3) is 0 Å². The van der Waals surface area contributed by atoms with Gasteiger partial charge in [-0.2, -0.15) is 0 Å². The first-order valence-corrected chi connectivity index (χ1v) is 4.69. The highest BCUT2D eigenvalue weighted by atomic mass is 14.3. The van der Waals surface area contributed by atoms with E-state index in [-0.39, 0.29) is 0 Å². The molecule has 1 rings (SSSR count). The van der Waals surface area contributed by atoms with Gasteiger partial charge in [0.15, 0.2) is 0 Å². The Bertz CT molecular complexity index is 178. The molecular formula is C12H18. The van der Waals surface area contributed by atoms with Gasteiger partial charge in [0.25, 0.3) is 0 Å². The van der Waals surface area contributed by atoms with Crippen molar-refractivity contribution in [3.05, 3.63) is 38.0 Å². The van der Waals surface area contributed by atoms with E-state index in [2.05, 4.69) is 38.0 Å². The molecule has 0 nitrogen and oxygen atoms in total. The minimum atomic E-state index is 0.624.